The van der Waals surface area contributed by atoms with Crippen molar-refractivity contribution in [2.45, 2.75) is 36.6 Å². The number of rotatable bonds is 9. The molecule has 3 aromatic rings. The molecule has 1 unspecified atom stereocenters. The first-order valence-corrected chi connectivity index (χ1v) is 12.2. The highest BCUT2D eigenvalue weighted by Crippen LogP contribution is 2.44. The van der Waals surface area contributed by atoms with E-state index in [-0.39, 0.29) is 6.61 Å². The molecule has 0 aliphatic carbocycles. The molecule has 2 N–H and O–H groups in total. The number of aryl methyl sites for hydroxylation is 1. The fraction of sp³-hybridized carbons (Fsp3) is 0.308. The molecule has 1 aliphatic heterocycles. The zero-order valence-corrected chi connectivity index (χ0v) is 19.5. The minimum Gasteiger partial charge on any atom is -0.491 e. The van der Waals surface area contributed by atoms with Gasteiger partial charge in [0.25, 0.3) is 0 Å². The van der Waals surface area contributed by atoms with Crippen molar-refractivity contribution < 1.29 is 14.1 Å². The summed E-state index contributed by atoms with van der Waals surface area (Å²) in [5.41, 5.74) is 5.60. The molecule has 0 fully saturated rings. The number of para-hydroxylation sites is 2. The molecule has 6 heteroatoms. The molecule has 5 nitrogen and oxygen atoms in total. The molecule has 0 spiro atoms. The Hall–Kier alpha value is -2.67. The molecule has 0 radical (unpaired) electrons. The molecule has 4 rings (SSSR count). The Morgan fingerprint density at radius 1 is 1.00 bits per heavy atom. The van der Waals surface area contributed by atoms with Gasteiger partial charge in [-0.3, -0.25) is 0 Å². The zero-order valence-electron chi connectivity index (χ0n) is 18.6. The van der Waals surface area contributed by atoms with Crippen molar-refractivity contribution in [2.24, 2.45) is 0 Å². The van der Waals surface area contributed by atoms with Crippen molar-refractivity contribution in [3.8, 4) is 5.75 Å². The second-order valence-electron chi connectivity index (χ2n) is 7.95. The summed E-state index contributed by atoms with van der Waals surface area (Å²) < 4.78 is 18.8. The summed E-state index contributed by atoms with van der Waals surface area (Å²) >= 11 is 0. The van der Waals surface area contributed by atoms with E-state index in [2.05, 4.69) is 36.2 Å². The van der Waals surface area contributed by atoms with Crippen molar-refractivity contribution in [3.63, 3.8) is 0 Å². The van der Waals surface area contributed by atoms with Gasteiger partial charge in [-0.2, -0.15) is 0 Å². The monoisotopic (exact) mass is 450 g/mol. The maximum Gasteiger partial charge on any atom is 0.123 e. The number of nitrogens with one attached hydrogen (secondary N) is 1. The van der Waals surface area contributed by atoms with E-state index in [0.29, 0.717) is 13.2 Å². The van der Waals surface area contributed by atoms with Crippen molar-refractivity contribution >= 4 is 22.2 Å². The molecule has 0 saturated heterocycles. The molecule has 0 bridgehead atoms. The first-order chi connectivity index (χ1) is 15.6. The lowest BCUT2D eigenvalue weighted by Crippen LogP contribution is -2.28. The number of aliphatic hydroxyl groups is 1. The molecular weight excluding hydrogens is 420 g/mol. The summed E-state index contributed by atoms with van der Waals surface area (Å²) in [4.78, 5) is 4.11. The van der Waals surface area contributed by atoms with Gasteiger partial charge in [-0.05, 0) is 62.2 Å². The van der Waals surface area contributed by atoms with E-state index in [9.17, 15) is 4.21 Å². The fourth-order valence-corrected chi connectivity index (χ4v) is 5.54. The average molecular weight is 451 g/mol. The van der Waals surface area contributed by atoms with Crippen LogP contribution in [-0.2, 0) is 17.3 Å². The lowest BCUT2D eigenvalue weighted by Gasteiger charge is -2.34. The van der Waals surface area contributed by atoms with Gasteiger partial charge in [0, 0.05) is 18.7 Å². The number of aliphatic hydroxyl groups excluding tert-OH is 1. The van der Waals surface area contributed by atoms with Crippen molar-refractivity contribution in [3.05, 3.63) is 77.4 Å². The van der Waals surface area contributed by atoms with Crippen molar-refractivity contribution in [1.82, 2.24) is 5.32 Å². The third-order valence-electron chi connectivity index (χ3n) is 5.86. The van der Waals surface area contributed by atoms with Crippen LogP contribution in [0.5, 0.6) is 5.75 Å². The van der Waals surface area contributed by atoms with Gasteiger partial charge < -0.3 is 20.1 Å². The maximum atomic E-state index is 13.2. The third-order valence-corrected chi connectivity index (χ3v) is 7.34. The topological polar surface area (TPSA) is 61.8 Å². The van der Waals surface area contributed by atoms with Gasteiger partial charge in [-0.15, -0.1) is 0 Å². The number of benzene rings is 3. The predicted octanol–water partition coefficient (Wildman–Crippen LogP) is 4.47. The highest BCUT2D eigenvalue weighted by molar-refractivity contribution is 7.85. The van der Waals surface area contributed by atoms with Crippen LogP contribution in [0.2, 0.25) is 0 Å². The smallest absolute Gasteiger partial charge is 0.123 e. The predicted molar refractivity (Wildman–Crippen MR) is 129 cm³/mol. The number of hydrogen-bond donors (Lipinski definition) is 2. The van der Waals surface area contributed by atoms with Crippen LogP contribution in [-0.4, -0.2) is 35.6 Å². The molecule has 168 valence electrons. The zero-order chi connectivity index (χ0) is 22.5. The second kappa shape index (κ2) is 10.3. The SMILES string of the molecule is Cc1ccc2c(c1C)N(CCCNCc1ccccc1OCCO)c1ccccc1S2=O. The Bertz CT molecular complexity index is 1120. The lowest BCUT2D eigenvalue weighted by molar-refractivity contribution is 0.200. The van der Waals surface area contributed by atoms with Gasteiger partial charge >= 0.3 is 0 Å². The minimum atomic E-state index is -1.16. The highest BCUT2D eigenvalue weighted by Gasteiger charge is 2.29. The molecule has 0 amide bonds. The maximum absolute atomic E-state index is 13.2. The van der Waals surface area contributed by atoms with Crippen LogP contribution in [0.25, 0.3) is 0 Å². The summed E-state index contributed by atoms with van der Waals surface area (Å²) in [6, 6.07) is 20.0. The van der Waals surface area contributed by atoms with Gasteiger partial charge in [-0.25, -0.2) is 4.21 Å². The van der Waals surface area contributed by atoms with Crippen LogP contribution in [0.15, 0.2) is 70.5 Å². The van der Waals surface area contributed by atoms with Crippen LogP contribution < -0.4 is 15.0 Å². The fourth-order valence-electron chi connectivity index (χ4n) is 4.10. The molecule has 1 heterocycles. The number of nitrogens with zero attached hydrogens (tertiary/aromatic N) is 1. The van der Waals surface area contributed by atoms with E-state index >= 15 is 0 Å². The summed E-state index contributed by atoms with van der Waals surface area (Å²) in [6.45, 7) is 6.91. The average Bonchev–Trinajstić information content (AvgIpc) is 2.82. The largest absolute Gasteiger partial charge is 0.491 e. The van der Waals surface area contributed by atoms with E-state index in [1.54, 1.807) is 0 Å². The molecule has 0 aromatic heterocycles. The lowest BCUT2D eigenvalue weighted by atomic mass is 10.1. The number of anilines is 2. The number of fused-ring (bicyclic) bond motifs is 2. The number of ether oxygens (including phenoxy) is 1. The van der Waals surface area contributed by atoms with Gasteiger partial charge in [0.1, 0.15) is 12.4 Å². The molecule has 3 aromatic carbocycles. The molecule has 1 aliphatic rings. The summed E-state index contributed by atoms with van der Waals surface area (Å²) in [5.74, 6) is 0.807. The van der Waals surface area contributed by atoms with Gasteiger partial charge in [0.2, 0.25) is 0 Å². The summed E-state index contributed by atoms with van der Waals surface area (Å²) in [5, 5.41) is 12.5. The van der Waals surface area contributed by atoms with Crippen LogP contribution in [0, 0.1) is 13.8 Å². The molecule has 0 saturated carbocycles. The van der Waals surface area contributed by atoms with Crippen LogP contribution in [0.4, 0.5) is 11.4 Å². The second-order valence-corrected chi connectivity index (χ2v) is 9.37. The normalized spacial score (nSPS) is 14.7. The molecule has 1 atom stereocenters. The van der Waals surface area contributed by atoms with E-state index in [1.165, 1.54) is 11.1 Å². The van der Waals surface area contributed by atoms with Crippen molar-refractivity contribution in [1.29, 1.82) is 0 Å². The first-order valence-electron chi connectivity index (χ1n) is 11.0. The highest BCUT2D eigenvalue weighted by atomic mass is 32.2. The quantitative estimate of drug-likeness (QED) is 0.471. The first kappa shape index (κ1) is 22.5. The van der Waals surface area contributed by atoms with E-state index in [1.807, 2.05) is 48.5 Å². The Labute approximate surface area is 192 Å². The third kappa shape index (κ3) is 4.58. The van der Waals surface area contributed by atoms with E-state index in [0.717, 1.165) is 52.0 Å². The van der Waals surface area contributed by atoms with Crippen LogP contribution in [0.3, 0.4) is 0 Å². The molecule has 32 heavy (non-hydrogen) atoms. The Balaban J connectivity index is 1.45. The summed E-state index contributed by atoms with van der Waals surface area (Å²) in [7, 11) is -1.16. The van der Waals surface area contributed by atoms with Crippen LogP contribution >= 0.6 is 0 Å². The number of hydrogen-bond acceptors (Lipinski definition) is 5. The Kier molecular flexibility index (Phi) is 7.25. The van der Waals surface area contributed by atoms with E-state index in [4.69, 9.17) is 9.84 Å². The molecular formula is C26H30N2O3S. The van der Waals surface area contributed by atoms with Crippen molar-refractivity contribution in [2.75, 3.05) is 31.2 Å². The Morgan fingerprint density at radius 2 is 1.78 bits per heavy atom. The Morgan fingerprint density at radius 3 is 2.62 bits per heavy atom. The van der Waals surface area contributed by atoms with Gasteiger partial charge in [-0.1, -0.05) is 36.4 Å². The van der Waals surface area contributed by atoms with Crippen LogP contribution in [0.1, 0.15) is 23.1 Å². The minimum absolute atomic E-state index is 0.00419. The van der Waals surface area contributed by atoms with Gasteiger partial charge in [0.15, 0.2) is 0 Å². The standard InChI is InChI=1S/C26H30N2O3S/c1-19-12-13-25-26(20(19)2)28(22-9-4-6-11-24(22)32(25)30)15-7-14-27-18-21-8-3-5-10-23(21)31-17-16-29/h3-6,8-13,27,29H,7,14-18H2,1-2H3. The summed E-state index contributed by atoms with van der Waals surface area (Å²) in [6.07, 6.45) is 0.938. The van der Waals surface area contributed by atoms with Gasteiger partial charge in [0.05, 0.1) is 38.6 Å². The van der Waals surface area contributed by atoms with E-state index < -0.39 is 10.8 Å².